The summed E-state index contributed by atoms with van der Waals surface area (Å²) in [4.78, 5) is 0. The van der Waals surface area contributed by atoms with E-state index in [2.05, 4.69) is 27.3 Å². The SMILES string of the molecule is Fc1ccc(-n2nc(-c3ccccc3Br)c3c2NCC3)cc1. The van der Waals surface area contributed by atoms with E-state index in [1.165, 1.54) is 17.7 Å². The lowest BCUT2D eigenvalue weighted by molar-refractivity contribution is 0.627. The Bertz CT molecular complexity index is 840. The monoisotopic (exact) mass is 357 g/mol. The van der Waals surface area contributed by atoms with E-state index in [-0.39, 0.29) is 5.82 Å². The maximum Gasteiger partial charge on any atom is 0.133 e. The lowest BCUT2D eigenvalue weighted by atomic mass is 10.1. The highest BCUT2D eigenvalue weighted by Gasteiger charge is 2.24. The number of hydrogen-bond donors (Lipinski definition) is 1. The number of nitrogens with zero attached hydrogens (tertiary/aromatic N) is 2. The average molecular weight is 358 g/mol. The normalized spacial score (nSPS) is 13.0. The van der Waals surface area contributed by atoms with Crippen molar-refractivity contribution in [2.75, 3.05) is 11.9 Å². The zero-order chi connectivity index (χ0) is 15.1. The summed E-state index contributed by atoms with van der Waals surface area (Å²) < 4.78 is 16.0. The molecule has 2 aromatic carbocycles. The van der Waals surface area contributed by atoms with Crippen LogP contribution in [0.3, 0.4) is 0 Å². The molecule has 0 saturated carbocycles. The smallest absolute Gasteiger partial charge is 0.133 e. The summed E-state index contributed by atoms with van der Waals surface area (Å²) in [5.74, 6) is 0.754. The van der Waals surface area contributed by atoms with Gasteiger partial charge < -0.3 is 5.32 Å². The van der Waals surface area contributed by atoms with Gasteiger partial charge in [-0.1, -0.05) is 34.1 Å². The van der Waals surface area contributed by atoms with E-state index < -0.39 is 0 Å². The maximum absolute atomic E-state index is 13.1. The van der Waals surface area contributed by atoms with Crippen molar-refractivity contribution < 1.29 is 4.39 Å². The van der Waals surface area contributed by atoms with Crippen LogP contribution in [0.15, 0.2) is 53.0 Å². The van der Waals surface area contributed by atoms with Gasteiger partial charge in [0.15, 0.2) is 0 Å². The Morgan fingerprint density at radius 1 is 1.09 bits per heavy atom. The molecule has 3 aromatic rings. The molecule has 4 rings (SSSR count). The largest absolute Gasteiger partial charge is 0.369 e. The lowest BCUT2D eigenvalue weighted by Gasteiger charge is -2.06. The van der Waals surface area contributed by atoms with Crippen molar-refractivity contribution in [1.82, 2.24) is 9.78 Å². The van der Waals surface area contributed by atoms with Gasteiger partial charge in [-0.2, -0.15) is 5.10 Å². The predicted octanol–water partition coefficient (Wildman–Crippen LogP) is 4.41. The molecule has 1 aromatic heterocycles. The third kappa shape index (κ3) is 2.13. The molecule has 0 unspecified atom stereocenters. The second-order valence-corrected chi connectivity index (χ2v) is 6.07. The van der Waals surface area contributed by atoms with Gasteiger partial charge >= 0.3 is 0 Å². The van der Waals surface area contributed by atoms with E-state index in [0.717, 1.165) is 40.2 Å². The minimum Gasteiger partial charge on any atom is -0.369 e. The Balaban J connectivity index is 1.90. The predicted molar refractivity (Wildman–Crippen MR) is 88.9 cm³/mol. The Hall–Kier alpha value is -2.14. The van der Waals surface area contributed by atoms with Crippen molar-refractivity contribution in [3.05, 3.63) is 64.4 Å². The number of nitrogens with one attached hydrogen (secondary N) is 1. The van der Waals surface area contributed by atoms with E-state index in [0.29, 0.717) is 0 Å². The summed E-state index contributed by atoms with van der Waals surface area (Å²) in [6.45, 7) is 0.895. The Kier molecular flexibility index (Phi) is 3.22. The molecule has 1 aliphatic heterocycles. The number of rotatable bonds is 2. The van der Waals surface area contributed by atoms with Crippen LogP contribution in [0.25, 0.3) is 16.9 Å². The first kappa shape index (κ1) is 13.5. The molecule has 0 bridgehead atoms. The zero-order valence-electron chi connectivity index (χ0n) is 11.7. The van der Waals surface area contributed by atoms with E-state index in [1.54, 1.807) is 12.1 Å². The molecule has 1 N–H and O–H groups in total. The zero-order valence-corrected chi connectivity index (χ0v) is 13.3. The van der Waals surface area contributed by atoms with Gasteiger partial charge in [0.1, 0.15) is 11.6 Å². The molecule has 22 heavy (non-hydrogen) atoms. The number of fused-ring (bicyclic) bond motifs is 1. The molecule has 3 nitrogen and oxygen atoms in total. The second kappa shape index (κ2) is 5.25. The summed E-state index contributed by atoms with van der Waals surface area (Å²) in [5.41, 5.74) is 4.10. The fourth-order valence-electron chi connectivity index (χ4n) is 2.81. The van der Waals surface area contributed by atoms with Gasteiger partial charge in [-0.3, -0.25) is 0 Å². The van der Waals surface area contributed by atoms with Crippen molar-refractivity contribution in [2.24, 2.45) is 0 Å². The van der Waals surface area contributed by atoms with E-state index in [9.17, 15) is 4.39 Å². The van der Waals surface area contributed by atoms with Crippen LogP contribution in [0.2, 0.25) is 0 Å². The summed E-state index contributed by atoms with van der Waals surface area (Å²) >= 11 is 3.60. The molecule has 0 spiro atoms. The summed E-state index contributed by atoms with van der Waals surface area (Å²) in [6.07, 6.45) is 0.938. The quantitative estimate of drug-likeness (QED) is 0.736. The molecule has 0 amide bonds. The van der Waals surface area contributed by atoms with Crippen LogP contribution in [0.5, 0.6) is 0 Å². The fraction of sp³-hybridized carbons (Fsp3) is 0.118. The van der Waals surface area contributed by atoms with Gasteiger partial charge in [-0.05, 0) is 36.8 Å². The molecule has 0 aliphatic carbocycles. The molecule has 0 fully saturated rings. The van der Waals surface area contributed by atoms with Crippen molar-refractivity contribution in [3.8, 4) is 16.9 Å². The van der Waals surface area contributed by atoms with Crippen LogP contribution >= 0.6 is 15.9 Å². The average Bonchev–Trinajstić information content (AvgIpc) is 3.11. The maximum atomic E-state index is 13.1. The highest BCUT2D eigenvalue weighted by atomic mass is 79.9. The van der Waals surface area contributed by atoms with Gasteiger partial charge in [0.25, 0.3) is 0 Å². The highest BCUT2D eigenvalue weighted by Crippen LogP contribution is 2.37. The minimum absolute atomic E-state index is 0.244. The number of aromatic nitrogens is 2. The third-order valence-electron chi connectivity index (χ3n) is 3.85. The second-order valence-electron chi connectivity index (χ2n) is 5.22. The number of anilines is 1. The van der Waals surface area contributed by atoms with Gasteiger partial charge in [-0.15, -0.1) is 0 Å². The van der Waals surface area contributed by atoms with Crippen LogP contribution < -0.4 is 5.32 Å². The van der Waals surface area contributed by atoms with Gasteiger partial charge in [0.2, 0.25) is 0 Å². The molecule has 0 radical (unpaired) electrons. The fourth-order valence-corrected chi connectivity index (χ4v) is 3.29. The van der Waals surface area contributed by atoms with Crippen LogP contribution in [0.4, 0.5) is 10.2 Å². The van der Waals surface area contributed by atoms with Gasteiger partial charge in [-0.25, -0.2) is 9.07 Å². The van der Waals surface area contributed by atoms with Gasteiger partial charge in [0.05, 0.1) is 11.4 Å². The van der Waals surface area contributed by atoms with Gasteiger partial charge in [0, 0.05) is 22.1 Å². The lowest BCUT2D eigenvalue weighted by Crippen LogP contribution is -2.04. The van der Waals surface area contributed by atoms with Crippen molar-refractivity contribution in [3.63, 3.8) is 0 Å². The highest BCUT2D eigenvalue weighted by molar-refractivity contribution is 9.10. The van der Waals surface area contributed by atoms with Crippen molar-refractivity contribution in [2.45, 2.75) is 6.42 Å². The third-order valence-corrected chi connectivity index (χ3v) is 4.54. The number of hydrogen-bond acceptors (Lipinski definition) is 2. The number of benzene rings is 2. The number of halogens is 2. The van der Waals surface area contributed by atoms with E-state index in [1.807, 2.05) is 22.9 Å². The molecule has 0 saturated heterocycles. The Morgan fingerprint density at radius 2 is 1.86 bits per heavy atom. The van der Waals surface area contributed by atoms with E-state index >= 15 is 0 Å². The summed E-state index contributed by atoms with van der Waals surface area (Å²) in [5, 5.41) is 8.15. The molecule has 0 atom stereocenters. The van der Waals surface area contributed by atoms with Crippen LogP contribution in [0, 0.1) is 5.82 Å². The Morgan fingerprint density at radius 3 is 2.64 bits per heavy atom. The van der Waals surface area contributed by atoms with Crippen LogP contribution in [-0.4, -0.2) is 16.3 Å². The molecule has 5 heteroatoms. The van der Waals surface area contributed by atoms with Crippen molar-refractivity contribution in [1.29, 1.82) is 0 Å². The summed E-state index contributed by atoms with van der Waals surface area (Å²) in [6, 6.07) is 14.5. The first-order chi connectivity index (χ1) is 10.7. The topological polar surface area (TPSA) is 29.9 Å². The summed E-state index contributed by atoms with van der Waals surface area (Å²) in [7, 11) is 0. The Labute approximate surface area is 135 Å². The molecule has 2 heterocycles. The molecular formula is C17H13BrFN3. The molecular weight excluding hydrogens is 345 g/mol. The minimum atomic E-state index is -0.244. The van der Waals surface area contributed by atoms with Crippen molar-refractivity contribution >= 4 is 21.7 Å². The van der Waals surface area contributed by atoms with Crippen LogP contribution in [-0.2, 0) is 6.42 Å². The first-order valence-corrected chi connectivity index (χ1v) is 7.90. The molecule has 110 valence electrons. The van der Waals surface area contributed by atoms with Crippen LogP contribution in [0.1, 0.15) is 5.56 Å². The van der Waals surface area contributed by atoms with E-state index in [4.69, 9.17) is 5.10 Å². The first-order valence-electron chi connectivity index (χ1n) is 7.10. The molecule has 1 aliphatic rings. The standard InChI is InChI=1S/C17H13BrFN3/c18-15-4-2-1-3-13(15)16-14-9-10-20-17(14)22(21-16)12-7-5-11(19)6-8-12/h1-8,20H,9-10H2.